The number of quaternary nitrogens is 1. The summed E-state index contributed by atoms with van der Waals surface area (Å²) in [7, 11) is 0. The Morgan fingerprint density at radius 2 is 1.40 bits per heavy atom. The highest BCUT2D eigenvalue weighted by molar-refractivity contribution is 5.69. The third-order valence-corrected chi connectivity index (χ3v) is 5.16. The molecule has 0 saturated carbocycles. The smallest absolute Gasteiger partial charge is 0.145 e. The fourth-order valence-corrected chi connectivity index (χ4v) is 3.36. The van der Waals surface area contributed by atoms with Gasteiger partial charge < -0.3 is 15.0 Å². The number of carboxylic acids is 1. The maximum absolute atomic E-state index is 11.7. The molecule has 0 rings (SSSR count). The van der Waals surface area contributed by atoms with E-state index in [9.17, 15) is 15.0 Å². The van der Waals surface area contributed by atoms with Gasteiger partial charge in [-0.15, -0.1) is 0 Å². The van der Waals surface area contributed by atoms with Crippen molar-refractivity contribution in [3.05, 3.63) is 12.0 Å². The van der Waals surface area contributed by atoms with Crippen LogP contribution in [0.25, 0.3) is 0 Å². The summed E-state index contributed by atoms with van der Waals surface area (Å²) in [6.07, 6.45) is 13.2. The van der Waals surface area contributed by atoms with E-state index in [2.05, 4.69) is 20.8 Å². The summed E-state index contributed by atoms with van der Waals surface area (Å²) in [4.78, 5) is 11.7. The van der Waals surface area contributed by atoms with Crippen LogP contribution in [0.3, 0.4) is 0 Å². The standard InChI is InChI=1S/C21H41NO3/c1-5-8-11-12-15-20(23)18-22(16-13-9-6-2,17-14-10-7-3)19(4)21(24)25/h18-19H,5-17H2,1-4H3,(H-,23,24,25)/b20-18-. The molecule has 0 aliphatic heterocycles. The third-order valence-electron chi connectivity index (χ3n) is 5.16. The summed E-state index contributed by atoms with van der Waals surface area (Å²) in [6.45, 7) is 9.70. The van der Waals surface area contributed by atoms with Gasteiger partial charge in [-0.2, -0.15) is 0 Å². The van der Waals surface area contributed by atoms with Crippen LogP contribution in [0.4, 0.5) is 0 Å². The van der Waals surface area contributed by atoms with E-state index in [-0.39, 0.29) is 0 Å². The number of allylic oxidation sites excluding steroid dienone is 1. The largest absolute Gasteiger partial charge is 0.544 e. The minimum absolute atomic E-state index is 0.321. The quantitative estimate of drug-likeness (QED) is 0.248. The maximum Gasteiger partial charge on any atom is 0.145 e. The van der Waals surface area contributed by atoms with Crippen molar-refractivity contribution in [3.63, 3.8) is 0 Å². The van der Waals surface area contributed by atoms with Gasteiger partial charge in [0.2, 0.25) is 0 Å². The fraction of sp³-hybridized carbons (Fsp3) is 0.857. The number of rotatable bonds is 16. The summed E-state index contributed by atoms with van der Waals surface area (Å²) in [5, 5.41) is 22.1. The molecule has 0 heterocycles. The van der Waals surface area contributed by atoms with Crippen LogP contribution in [-0.4, -0.2) is 34.7 Å². The maximum atomic E-state index is 11.7. The molecule has 148 valence electrons. The normalized spacial score (nSPS) is 13.8. The molecule has 0 amide bonds. The van der Waals surface area contributed by atoms with E-state index in [4.69, 9.17) is 0 Å². The molecular formula is C21H41NO3. The van der Waals surface area contributed by atoms with Crippen molar-refractivity contribution < 1.29 is 19.5 Å². The molecular weight excluding hydrogens is 314 g/mol. The fourth-order valence-electron chi connectivity index (χ4n) is 3.36. The average Bonchev–Trinajstić information content (AvgIpc) is 2.58. The van der Waals surface area contributed by atoms with Crippen LogP contribution in [0.5, 0.6) is 0 Å². The second-order valence-electron chi connectivity index (χ2n) is 7.39. The number of aliphatic hydroxyl groups is 1. The molecule has 0 aromatic rings. The molecule has 1 N–H and O–H groups in total. The second-order valence-corrected chi connectivity index (χ2v) is 7.39. The van der Waals surface area contributed by atoms with Crippen molar-refractivity contribution in [2.75, 3.05) is 13.1 Å². The molecule has 1 atom stereocenters. The molecule has 0 aliphatic rings. The van der Waals surface area contributed by atoms with Crippen LogP contribution in [0, 0.1) is 0 Å². The summed E-state index contributed by atoms with van der Waals surface area (Å²) in [5.74, 6) is -0.680. The van der Waals surface area contributed by atoms with Gasteiger partial charge in [-0.3, -0.25) is 4.48 Å². The van der Waals surface area contributed by atoms with Gasteiger partial charge in [0.1, 0.15) is 18.0 Å². The summed E-state index contributed by atoms with van der Waals surface area (Å²) >= 11 is 0. The molecule has 0 spiro atoms. The van der Waals surface area contributed by atoms with Gasteiger partial charge in [0.05, 0.1) is 19.1 Å². The second kappa shape index (κ2) is 14.2. The number of carboxylic acid groups (broad SMARTS) is 1. The van der Waals surface area contributed by atoms with Crippen LogP contribution in [0.1, 0.15) is 98.3 Å². The number of hydrogen-bond donors (Lipinski definition) is 1. The number of carbonyl (C=O) groups is 1. The molecule has 25 heavy (non-hydrogen) atoms. The SMILES string of the molecule is CCCCCC/C(O)=C/[N+](CCCCC)(CCCCC)C(C)C(=O)[O-]. The average molecular weight is 356 g/mol. The van der Waals surface area contributed by atoms with Crippen molar-refractivity contribution in [2.24, 2.45) is 0 Å². The van der Waals surface area contributed by atoms with Crippen molar-refractivity contribution in [3.8, 4) is 0 Å². The van der Waals surface area contributed by atoms with Crippen molar-refractivity contribution >= 4 is 5.97 Å². The Bertz CT molecular complexity index is 369. The molecule has 4 nitrogen and oxygen atoms in total. The van der Waals surface area contributed by atoms with Gasteiger partial charge in [-0.25, -0.2) is 0 Å². The van der Waals surface area contributed by atoms with Gasteiger partial charge in [0.15, 0.2) is 0 Å². The molecule has 0 bridgehead atoms. The van der Waals surface area contributed by atoms with Gasteiger partial charge >= 0.3 is 0 Å². The van der Waals surface area contributed by atoms with E-state index in [0.29, 0.717) is 16.7 Å². The lowest BCUT2D eigenvalue weighted by molar-refractivity contribution is -0.897. The highest BCUT2D eigenvalue weighted by atomic mass is 16.4. The van der Waals surface area contributed by atoms with E-state index >= 15 is 0 Å². The lowest BCUT2D eigenvalue weighted by Gasteiger charge is -2.41. The predicted molar refractivity (Wildman–Crippen MR) is 103 cm³/mol. The van der Waals surface area contributed by atoms with Crippen molar-refractivity contribution in [1.29, 1.82) is 0 Å². The van der Waals surface area contributed by atoms with E-state index in [1.165, 1.54) is 12.8 Å². The lowest BCUT2D eigenvalue weighted by Crippen LogP contribution is -2.58. The first-order chi connectivity index (χ1) is 11.9. The van der Waals surface area contributed by atoms with Crippen LogP contribution < -0.4 is 5.11 Å². The zero-order valence-corrected chi connectivity index (χ0v) is 17.1. The van der Waals surface area contributed by atoms with Gasteiger partial charge in [0, 0.05) is 6.42 Å². The number of aliphatic carboxylic acids is 1. The highest BCUT2D eigenvalue weighted by Gasteiger charge is 2.33. The minimum Gasteiger partial charge on any atom is -0.544 e. The Hall–Kier alpha value is -1.03. The van der Waals surface area contributed by atoms with E-state index in [0.717, 1.165) is 64.5 Å². The van der Waals surface area contributed by atoms with E-state index in [1.54, 1.807) is 6.92 Å². The van der Waals surface area contributed by atoms with Crippen LogP contribution in [-0.2, 0) is 4.79 Å². The molecule has 0 saturated heterocycles. The van der Waals surface area contributed by atoms with Crippen molar-refractivity contribution in [1.82, 2.24) is 0 Å². The first-order valence-corrected chi connectivity index (χ1v) is 10.4. The van der Waals surface area contributed by atoms with Crippen molar-refractivity contribution in [2.45, 2.75) is 104 Å². The zero-order valence-electron chi connectivity index (χ0n) is 17.1. The van der Waals surface area contributed by atoms with Crippen LogP contribution in [0.2, 0.25) is 0 Å². The molecule has 0 fully saturated rings. The molecule has 1 unspecified atom stereocenters. The first-order valence-electron chi connectivity index (χ1n) is 10.4. The Kier molecular flexibility index (Phi) is 13.6. The Morgan fingerprint density at radius 3 is 1.84 bits per heavy atom. The number of hydrogen-bond acceptors (Lipinski definition) is 3. The predicted octanol–water partition coefficient (Wildman–Crippen LogP) is 4.69. The molecule has 4 heteroatoms. The number of carbonyl (C=O) groups excluding carboxylic acids is 1. The van der Waals surface area contributed by atoms with Gasteiger partial charge in [-0.05, 0) is 39.0 Å². The minimum atomic E-state index is -1.02. The van der Waals surface area contributed by atoms with Crippen LogP contribution in [0.15, 0.2) is 12.0 Å². The summed E-state index contributed by atoms with van der Waals surface area (Å²) in [5.41, 5.74) is 0. The lowest BCUT2D eigenvalue weighted by atomic mass is 10.1. The summed E-state index contributed by atoms with van der Waals surface area (Å²) < 4.78 is 0.321. The first kappa shape index (κ1) is 24.0. The molecule has 0 aromatic carbocycles. The van der Waals surface area contributed by atoms with Crippen LogP contribution >= 0.6 is 0 Å². The zero-order chi connectivity index (χ0) is 19.1. The topological polar surface area (TPSA) is 60.4 Å². The van der Waals surface area contributed by atoms with Gasteiger partial charge in [-0.1, -0.05) is 52.9 Å². The third kappa shape index (κ3) is 9.88. The molecule has 0 aromatic heterocycles. The Labute approximate surface area is 155 Å². The van der Waals surface area contributed by atoms with Gasteiger partial charge in [0.25, 0.3) is 0 Å². The number of unbranched alkanes of at least 4 members (excludes halogenated alkanes) is 7. The Morgan fingerprint density at radius 1 is 0.920 bits per heavy atom. The van der Waals surface area contributed by atoms with E-state index < -0.39 is 12.0 Å². The van der Waals surface area contributed by atoms with E-state index in [1.807, 2.05) is 6.20 Å². The highest BCUT2D eigenvalue weighted by Crippen LogP contribution is 2.23. The Balaban J connectivity index is 5.27. The summed E-state index contributed by atoms with van der Waals surface area (Å²) in [6, 6.07) is -0.633. The monoisotopic (exact) mass is 355 g/mol. The molecule has 0 radical (unpaired) electrons. The number of nitrogens with zero attached hydrogens (tertiary/aromatic N) is 1. The molecule has 0 aliphatic carbocycles. The number of aliphatic hydroxyl groups excluding tert-OH is 1.